The highest BCUT2D eigenvalue weighted by atomic mass is 35.5. The monoisotopic (exact) mass is 321 g/mol. The number of anilines is 1. The average Bonchev–Trinajstić information content (AvgIpc) is 3.17. The van der Waals surface area contributed by atoms with E-state index < -0.39 is 0 Å². The molecule has 0 atom stereocenters. The van der Waals surface area contributed by atoms with Gasteiger partial charge in [0.2, 0.25) is 0 Å². The maximum Gasteiger partial charge on any atom is 0.0645 e. The summed E-state index contributed by atoms with van der Waals surface area (Å²) < 4.78 is 40.3. The molecule has 0 bridgehead atoms. The number of hydrogen-bond donors (Lipinski definition) is 0. The van der Waals surface area contributed by atoms with Crippen molar-refractivity contribution in [3.05, 3.63) is 66.1 Å². The van der Waals surface area contributed by atoms with E-state index in [0.29, 0.717) is 18.8 Å². The number of benzene rings is 2. The van der Waals surface area contributed by atoms with Gasteiger partial charge in [-0.1, -0.05) is 48.5 Å². The lowest BCUT2D eigenvalue weighted by molar-refractivity contribution is 0.344. The van der Waals surface area contributed by atoms with Crippen molar-refractivity contribution in [2.45, 2.75) is 19.4 Å². The molecule has 0 N–H and O–H groups in total. The standard InChI is InChI=1S/C19H24N2.ClH/c1-3-9-18(10-4-1)17-21(19-11-5-2-6-12-19)16-15-20-13-7-8-14-20;/h1-6,9-12H,7-8,13-17H2;1H/i2D,5D,6D,11D,12D;. The second-order valence-electron chi connectivity index (χ2n) is 5.43. The molecule has 3 heteroatoms. The van der Waals surface area contributed by atoms with Gasteiger partial charge in [0, 0.05) is 25.3 Å². The largest absolute Gasteiger partial charge is 0.366 e. The lowest BCUT2D eigenvalue weighted by atomic mass is 10.2. The first kappa shape index (κ1) is 11.1. The molecule has 3 rings (SSSR count). The fraction of sp³-hybridized carbons (Fsp3) is 0.368. The summed E-state index contributed by atoms with van der Waals surface area (Å²) in [5.74, 6) is 0. The topological polar surface area (TPSA) is 6.48 Å². The quantitative estimate of drug-likeness (QED) is 0.786. The maximum atomic E-state index is 8.29. The van der Waals surface area contributed by atoms with Gasteiger partial charge in [-0.3, -0.25) is 0 Å². The smallest absolute Gasteiger partial charge is 0.0645 e. The van der Waals surface area contributed by atoms with E-state index in [4.69, 9.17) is 6.85 Å². The zero-order chi connectivity index (χ0) is 18.7. The molecule has 1 aliphatic rings. The van der Waals surface area contributed by atoms with Crippen molar-refractivity contribution in [3.8, 4) is 0 Å². The number of rotatable bonds is 6. The van der Waals surface area contributed by atoms with Crippen molar-refractivity contribution in [2.75, 3.05) is 31.1 Å². The molecule has 22 heavy (non-hydrogen) atoms. The Morgan fingerprint density at radius 1 is 1.00 bits per heavy atom. The summed E-state index contributed by atoms with van der Waals surface area (Å²) in [5.41, 5.74) is 1.35. The summed E-state index contributed by atoms with van der Waals surface area (Å²) in [6.07, 6.45) is 2.40. The highest BCUT2D eigenvalue weighted by Gasteiger charge is 2.13. The average molecular weight is 322 g/mol. The van der Waals surface area contributed by atoms with E-state index in [9.17, 15) is 0 Å². The normalized spacial score (nSPS) is 17.7. The van der Waals surface area contributed by atoms with Gasteiger partial charge in [0.15, 0.2) is 0 Å². The van der Waals surface area contributed by atoms with Gasteiger partial charge in [-0.15, -0.1) is 12.4 Å². The lowest BCUT2D eigenvalue weighted by Gasteiger charge is -2.27. The summed E-state index contributed by atoms with van der Waals surface area (Å²) in [7, 11) is 0. The molecular formula is C19H25ClN2. The number of halogens is 1. The molecule has 2 aromatic carbocycles. The van der Waals surface area contributed by atoms with E-state index >= 15 is 0 Å². The molecule has 1 heterocycles. The molecule has 2 nitrogen and oxygen atoms in total. The number of hydrogen-bond acceptors (Lipinski definition) is 2. The SMILES string of the molecule is Cl.[2H]c1c([2H])c([2H])c(N(CCN2CCCC2)Cc2ccccc2)c([2H])c1[2H]. The predicted octanol–water partition coefficient (Wildman–Crippen LogP) is 4.21. The van der Waals surface area contributed by atoms with E-state index in [2.05, 4.69) is 4.90 Å². The molecule has 1 saturated heterocycles. The summed E-state index contributed by atoms with van der Waals surface area (Å²) in [4.78, 5) is 4.29. The Hall–Kier alpha value is -1.51. The molecular weight excluding hydrogens is 292 g/mol. The van der Waals surface area contributed by atoms with E-state index in [-0.39, 0.29) is 42.6 Å². The Labute approximate surface area is 147 Å². The molecule has 1 fully saturated rings. The summed E-state index contributed by atoms with van der Waals surface area (Å²) in [5, 5.41) is 0. The van der Waals surface area contributed by atoms with E-state index in [0.717, 1.165) is 25.2 Å². The molecule has 1 aliphatic heterocycles. The molecule has 0 aromatic heterocycles. The van der Waals surface area contributed by atoms with Crippen molar-refractivity contribution >= 4 is 18.1 Å². The number of para-hydroxylation sites is 1. The zero-order valence-electron chi connectivity index (χ0n) is 17.6. The second kappa shape index (κ2) is 8.82. The second-order valence-corrected chi connectivity index (χ2v) is 5.43. The van der Waals surface area contributed by atoms with Crippen LogP contribution in [0.2, 0.25) is 0 Å². The van der Waals surface area contributed by atoms with Crippen LogP contribution in [0.4, 0.5) is 5.69 Å². The molecule has 118 valence electrons. The molecule has 0 saturated carbocycles. The van der Waals surface area contributed by atoms with Crippen molar-refractivity contribution < 1.29 is 6.85 Å². The van der Waals surface area contributed by atoms with Crippen LogP contribution >= 0.6 is 12.4 Å². The fourth-order valence-electron chi connectivity index (χ4n) is 2.74. The van der Waals surface area contributed by atoms with Crippen LogP contribution in [-0.2, 0) is 6.54 Å². The molecule has 0 aliphatic carbocycles. The lowest BCUT2D eigenvalue weighted by Crippen LogP contribution is -2.33. The van der Waals surface area contributed by atoms with E-state index in [1.165, 1.54) is 12.8 Å². The molecule has 0 amide bonds. The van der Waals surface area contributed by atoms with Crippen molar-refractivity contribution in [2.24, 2.45) is 0 Å². The molecule has 2 aromatic rings. The maximum absolute atomic E-state index is 8.29. The van der Waals surface area contributed by atoms with Gasteiger partial charge in [0.1, 0.15) is 0 Å². The first-order valence-electron chi connectivity index (χ1n) is 10.1. The van der Waals surface area contributed by atoms with E-state index in [1.807, 2.05) is 35.2 Å². The number of nitrogens with zero attached hydrogens (tertiary/aromatic N) is 2. The fourth-order valence-corrected chi connectivity index (χ4v) is 2.74. The van der Waals surface area contributed by atoms with Crippen LogP contribution in [-0.4, -0.2) is 31.1 Å². The van der Waals surface area contributed by atoms with Crippen LogP contribution in [0.15, 0.2) is 60.5 Å². The van der Waals surface area contributed by atoms with Gasteiger partial charge in [0.05, 0.1) is 6.85 Å². The molecule has 0 spiro atoms. The Kier molecular flexibility index (Phi) is 4.45. The third kappa shape index (κ3) is 4.75. The first-order chi connectivity index (χ1) is 12.5. The summed E-state index contributed by atoms with van der Waals surface area (Å²) >= 11 is 0. The van der Waals surface area contributed by atoms with Gasteiger partial charge in [0.25, 0.3) is 0 Å². The van der Waals surface area contributed by atoms with Crippen molar-refractivity contribution in [1.29, 1.82) is 0 Å². The third-order valence-electron chi connectivity index (χ3n) is 3.90. The minimum Gasteiger partial charge on any atom is -0.366 e. The van der Waals surface area contributed by atoms with Crippen LogP contribution in [0.25, 0.3) is 0 Å². The minimum absolute atomic E-state index is 0. The number of likely N-dealkylation sites (tertiary alicyclic amines) is 1. The molecule has 0 radical (unpaired) electrons. The highest BCUT2D eigenvalue weighted by molar-refractivity contribution is 5.85. The highest BCUT2D eigenvalue weighted by Crippen LogP contribution is 2.17. The van der Waals surface area contributed by atoms with Gasteiger partial charge >= 0.3 is 0 Å². The van der Waals surface area contributed by atoms with Gasteiger partial charge in [-0.2, -0.15) is 0 Å². The molecule has 0 unspecified atom stereocenters. The Balaban J connectivity index is 0.00000261. The van der Waals surface area contributed by atoms with E-state index in [1.54, 1.807) is 0 Å². The van der Waals surface area contributed by atoms with Gasteiger partial charge in [-0.05, 0) is 43.6 Å². The summed E-state index contributed by atoms with van der Waals surface area (Å²) in [6, 6.07) is 8.69. The Morgan fingerprint density at radius 3 is 2.36 bits per heavy atom. The van der Waals surface area contributed by atoms with Crippen molar-refractivity contribution in [3.63, 3.8) is 0 Å². The van der Waals surface area contributed by atoms with Gasteiger partial charge in [-0.25, -0.2) is 0 Å². The minimum atomic E-state index is -0.344. The van der Waals surface area contributed by atoms with Crippen molar-refractivity contribution in [1.82, 2.24) is 4.90 Å². The predicted molar refractivity (Wildman–Crippen MR) is 96.9 cm³/mol. The van der Waals surface area contributed by atoms with Crippen LogP contribution in [0.1, 0.15) is 25.3 Å². The van der Waals surface area contributed by atoms with Gasteiger partial charge < -0.3 is 9.80 Å². The van der Waals surface area contributed by atoms with Crippen LogP contribution in [0.5, 0.6) is 0 Å². The van der Waals surface area contributed by atoms with Crippen LogP contribution in [0, 0.1) is 0 Å². The van der Waals surface area contributed by atoms with Crippen LogP contribution < -0.4 is 4.90 Å². The Bertz CT molecular complexity index is 737. The Morgan fingerprint density at radius 2 is 1.68 bits per heavy atom. The first-order valence-corrected chi connectivity index (χ1v) is 7.57. The summed E-state index contributed by atoms with van der Waals surface area (Å²) in [6.45, 7) is 4.11. The zero-order valence-corrected chi connectivity index (χ0v) is 13.5. The third-order valence-corrected chi connectivity index (χ3v) is 3.90. The van der Waals surface area contributed by atoms with Crippen LogP contribution in [0.3, 0.4) is 0 Å².